The second-order valence-electron chi connectivity index (χ2n) is 5.96. The Morgan fingerprint density at radius 3 is 2.58 bits per heavy atom. The number of carbonyl (C=O) groups excluding carboxylic acids is 1. The van der Waals surface area contributed by atoms with Crippen LogP contribution >= 0.6 is 11.6 Å². The number of rotatable bonds is 3. The van der Waals surface area contributed by atoms with Crippen LogP contribution in [-0.2, 0) is 0 Å². The average Bonchev–Trinajstić information content (AvgIpc) is 2.65. The van der Waals surface area contributed by atoms with Gasteiger partial charge in [-0.1, -0.05) is 19.8 Å². The number of Topliss-reactive ketones (excluding diaryl/α,β-unsaturated/α-hetero) is 1. The van der Waals surface area contributed by atoms with Crippen molar-refractivity contribution < 1.29 is 4.79 Å². The van der Waals surface area contributed by atoms with E-state index in [0.29, 0.717) is 12.0 Å². The van der Waals surface area contributed by atoms with Crippen LogP contribution in [0.4, 0.5) is 0 Å². The fourth-order valence-corrected chi connectivity index (χ4v) is 3.55. The van der Waals surface area contributed by atoms with Gasteiger partial charge in [-0.2, -0.15) is 0 Å². The zero-order valence-electron chi connectivity index (χ0n) is 12.4. The first-order valence-corrected chi connectivity index (χ1v) is 7.73. The third kappa shape index (κ3) is 2.74. The maximum atomic E-state index is 12.1. The number of aryl methyl sites for hydroxylation is 1. The monoisotopic (exact) mass is 281 g/mol. The Hall–Kier alpha value is -0.760. The molecule has 2 nitrogen and oxygen atoms in total. The molecule has 3 unspecified atom stereocenters. The predicted octanol–water partition coefficient (Wildman–Crippen LogP) is 4.67. The van der Waals surface area contributed by atoms with Gasteiger partial charge in [0.1, 0.15) is 0 Å². The quantitative estimate of drug-likeness (QED) is 0.583. The van der Waals surface area contributed by atoms with Gasteiger partial charge in [0.05, 0.1) is 5.38 Å². The second kappa shape index (κ2) is 5.70. The van der Waals surface area contributed by atoms with Crippen molar-refractivity contribution in [3.8, 4) is 0 Å². The summed E-state index contributed by atoms with van der Waals surface area (Å²) < 4.78 is 2.37. The number of carbonyl (C=O) groups is 1. The van der Waals surface area contributed by atoms with Crippen LogP contribution < -0.4 is 0 Å². The molecule has 1 aromatic rings. The van der Waals surface area contributed by atoms with E-state index in [1.807, 2.05) is 6.07 Å². The Bertz CT molecular complexity index is 475. The van der Waals surface area contributed by atoms with Crippen molar-refractivity contribution >= 4 is 17.4 Å². The van der Waals surface area contributed by atoms with Crippen LogP contribution in [0.5, 0.6) is 0 Å². The van der Waals surface area contributed by atoms with Crippen LogP contribution in [0.15, 0.2) is 6.07 Å². The first kappa shape index (κ1) is 14.6. The Morgan fingerprint density at radius 2 is 2.00 bits per heavy atom. The zero-order chi connectivity index (χ0) is 14.2. The molecule has 1 aromatic heterocycles. The molecule has 1 heterocycles. The molecule has 1 aliphatic carbocycles. The van der Waals surface area contributed by atoms with Crippen molar-refractivity contribution in [1.82, 2.24) is 4.57 Å². The smallest absolute Gasteiger partial charge is 0.182 e. The molecule has 0 aromatic carbocycles. The first-order chi connectivity index (χ1) is 8.93. The van der Waals surface area contributed by atoms with Crippen LogP contribution in [-0.4, -0.2) is 15.7 Å². The number of nitrogens with zero attached hydrogens (tertiary/aromatic N) is 1. The highest BCUT2D eigenvalue weighted by atomic mass is 35.5. The average molecular weight is 282 g/mol. The van der Waals surface area contributed by atoms with Gasteiger partial charge in [-0.3, -0.25) is 4.79 Å². The Morgan fingerprint density at radius 1 is 1.37 bits per heavy atom. The molecule has 19 heavy (non-hydrogen) atoms. The van der Waals surface area contributed by atoms with Gasteiger partial charge >= 0.3 is 0 Å². The maximum absolute atomic E-state index is 12.1. The molecule has 3 atom stereocenters. The molecule has 0 radical (unpaired) electrons. The highest BCUT2D eigenvalue weighted by molar-refractivity contribution is 6.33. The van der Waals surface area contributed by atoms with E-state index in [0.717, 1.165) is 11.3 Å². The largest absolute Gasteiger partial charge is 0.345 e. The van der Waals surface area contributed by atoms with Gasteiger partial charge in [-0.15, -0.1) is 11.6 Å². The summed E-state index contributed by atoms with van der Waals surface area (Å²) in [4.78, 5) is 12.1. The number of ketones is 1. The summed E-state index contributed by atoms with van der Waals surface area (Å²) >= 11 is 5.95. The Kier molecular flexibility index (Phi) is 4.39. The predicted molar refractivity (Wildman–Crippen MR) is 80.2 cm³/mol. The molecule has 3 heteroatoms. The third-order valence-electron chi connectivity index (χ3n) is 4.51. The van der Waals surface area contributed by atoms with E-state index in [1.165, 1.54) is 31.4 Å². The lowest BCUT2D eigenvalue weighted by Gasteiger charge is -2.32. The van der Waals surface area contributed by atoms with Gasteiger partial charge in [-0.25, -0.2) is 0 Å². The first-order valence-electron chi connectivity index (χ1n) is 7.30. The molecule has 0 bridgehead atoms. The lowest BCUT2D eigenvalue weighted by Crippen LogP contribution is -2.23. The van der Waals surface area contributed by atoms with Gasteiger partial charge in [0.2, 0.25) is 0 Å². The fourth-order valence-electron chi connectivity index (χ4n) is 3.43. The summed E-state index contributed by atoms with van der Waals surface area (Å²) in [5.74, 6) is 0.736. The summed E-state index contributed by atoms with van der Waals surface area (Å²) in [6.07, 6.45) is 5.14. The zero-order valence-corrected chi connectivity index (χ0v) is 13.1. The SMILES string of the molecule is Cc1cc(C(=O)C(C)Cl)c(C)n1C1CCCCC1C. The van der Waals surface area contributed by atoms with Crippen molar-refractivity contribution in [3.05, 3.63) is 23.0 Å². The van der Waals surface area contributed by atoms with Gasteiger partial charge in [0.25, 0.3) is 0 Å². The fraction of sp³-hybridized carbons (Fsp3) is 0.688. The number of hydrogen-bond donors (Lipinski definition) is 0. The molecule has 0 aliphatic heterocycles. The van der Waals surface area contributed by atoms with Crippen LogP contribution in [0.1, 0.15) is 67.3 Å². The second-order valence-corrected chi connectivity index (χ2v) is 6.62. The van der Waals surface area contributed by atoms with Gasteiger partial charge in [-0.05, 0) is 45.6 Å². The topological polar surface area (TPSA) is 22.0 Å². The number of halogens is 1. The van der Waals surface area contributed by atoms with E-state index in [4.69, 9.17) is 11.6 Å². The van der Waals surface area contributed by atoms with Crippen LogP contribution in [0.25, 0.3) is 0 Å². The van der Waals surface area contributed by atoms with E-state index in [9.17, 15) is 4.79 Å². The van der Waals surface area contributed by atoms with Crippen molar-refractivity contribution in [3.63, 3.8) is 0 Å². The van der Waals surface area contributed by atoms with E-state index in [1.54, 1.807) is 6.92 Å². The molecule has 0 spiro atoms. The van der Waals surface area contributed by atoms with Crippen molar-refractivity contribution in [2.45, 2.75) is 64.8 Å². The lowest BCUT2D eigenvalue weighted by molar-refractivity contribution is 0.0990. The summed E-state index contributed by atoms with van der Waals surface area (Å²) in [7, 11) is 0. The molecule has 0 amide bonds. The molecule has 1 aliphatic rings. The van der Waals surface area contributed by atoms with E-state index >= 15 is 0 Å². The molecule has 1 saturated carbocycles. The molecule has 0 saturated heterocycles. The maximum Gasteiger partial charge on any atom is 0.182 e. The third-order valence-corrected chi connectivity index (χ3v) is 4.71. The van der Waals surface area contributed by atoms with Gasteiger partial charge < -0.3 is 4.57 Å². The molecule has 1 fully saturated rings. The molecular weight excluding hydrogens is 258 g/mol. The van der Waals surface area contributed by atoms with Gasteiger partial charge in [0, 0.05) is 23.0 Å². The van der Waals surface area contributed by atoms with Gasteiger partial charge in [0.15, 0.2) is 5.78 Å². The van der Waals surface area contributed by atoms with E-state index < -0.39 is 5.38 Å². The molecular formula is C16H24ClNO. The van der Waals surface area contributed by atoms with Crippen LogP contribution in [0.3, 0.4) is 0 Å². The summed E-state index contributed by atoms with van der Waals surface area (Å²) in [6.45, 7) is 8.23. The van der Waals surface area contributed by atoms with Crippen molar-refractivity contribution in [1.29, 1.82) is 0 Å². The summed E-state index contributed by atoms with van der Waals surface area (Å²) in [5, 5.41) is -0.447. The minimum atomic E-state index is -0.447. The van der Waals surface area contributed by atoms with Crippen LogP contribution in [0, 0.1) is 19.8 Å². The normalized spacial score (nSPS) is 25.3. The van der Waals surface area contributed by atoms with E-state index in [-0.39, 0.29) is 5.78 Å². The lowest BCUT2D eigenvalue weighted by atomic mass is 9.85. The number of alkyl halides is 1. The Labute approximate surface area is 121 Å². The minimum Gasteiger partial charge on any atom is -0.345 e. The van der Waals surface area contributed by atoms with Crippen molar-refractivity contribution in [2.75, 3.05) is 0 Å². The highest BCUT2D eigenvalue weighted by Gasteiger charge is 2.27. The standard InChI is InChI=1S/C16H24ClNO/c1-10-7-5-6-8-15(10)18-11(2)9-14(13(18)4)16(19)12(3)17/h9-10,12,15H,5-8H2,1-4H3. The van der Waals surface area contributed by atoms with E-state index in [2.05, 4.69) is 25.3 Å². The Balaban J connectivity index is 2.39. The number of hydrogen-bond acceptors (Lipinski definition) is 1. The minimum absolute atomic E-state index is 0.0458. The molecule has 106 valence electrons. The summed E-state index contributed by atoms with van der Waals surface area (Å²) in [5.41, 5.74) is 3.09. The van der Waals surface area contributed by atoms with Crippen molar-refractivity contribution in [2.24, 2.45) is 5.92 Å². The molecule has 0 N–H and O–H groups in total. The number of aromatic nitrogens is 1. The highest BCUT2D eigenvalue weighted by Crippen LogP contribution is 2.36. The molecule has 2 rings (SSSR count). The summed E-state index contributed by atoms with van der Waals surface area (Å²) in [6, 6.07) is 2.55. The van der Waals surface area contributed by atoms with Crippen LogP contribution in [0.2, 0.25) is 0 Å².